The molecule has 0 unspecified atom stereocenters. The molecule has 2 aromatic rings. The van der Waals surface area contributed by atoms with Crippen LogP contribution in [-0.2, 0) is 6.42 Å². The van der Waals surface area contributed by atoms with E-state index in [0.29, 0.717) is 5.69 Å². The summed E-state index contributed by atoms with van der Waals surface area (Å²) in [5.41, 5.74) is 6.22. The topological polar surface area (TPSA) is 56.7 Å². The minimum Gasteiger partial charge on any atom is -0.396 e. The van der Waals surface area contributed by atoms with Crippen LogP contribution in [0.15, 0.2) is 24.5 Å². The monoisotopic (exact) mass is 206 g/mol. The van der Waals surface area contributed by atoms with Gasteiger partial charge in [-0.3, -0.25) is 4.57 Å². The van der Waals surface area contributed by atoms with Gasteiger partial charge >= 0.3 is 0 Å². The molecule has 0 saturated carbocycles. The average molecular weight is 206 g/mol. The molecule has 0 atom stereocenters. The number of halogens is 1. The maximum absolute atomic E-state index is 13.2. The van der Waals surface area contributed by atoms with Crippen LogP contribution in [0.1, 0.15) is 12.7 Å². The molecule has 0 radical (unpaired) electrons. The number of aromatic nitrogens is 3. The van der Waals surface area contributed by atoms with Crippen molar-refractivity contribution in [3.8, 4) is 5.69 Å². The number of rotatable bonds is 2. The highest BCUT2D eigenvalue weighted by Gasteiger charge is 2.06. The first-order valence-electron chi connectivity index (χ1n) is 4.66. The SMILES string of the molecule is CCc1nncn1-c1ccc(N)c(F)c1. The molecular formula is C10H11FN4. The van der Waals surface area contributed by atoms with Crippen molar-refractivity contribution in [2.45, 2.75) is 13.3 Å². The van der Waals surface area contributed by atoms with Gasteiger partial charge in [-0.2, -0.15) is 0 Å². The molecule has 78 valence electrons. The minimum absolute atomic E-state index is 0.143. The van der Waals surface area contributed by atoms with Crippen LogP contribution in [0.25, 0.3) is 5.69 Å². The van der Waals surface area contributed by atoms with E-state index in [-0.39, 0.29) is 5.69 Å². The Balaban J connectivity index is 2.50. The Labute approximate surface area is 86.6 Å². The number of anilines is 1. The van der Waals surface area contributed by atoms with Crippen LogP contribution in [0, 0.1) is 5.82 Å². The molecule has 1 aromatic carbocycles. The highest BCUT2D eigenvalue weighted by molar-refractivity contribution is 5.46. The maximum Gasteiger partial charge on any atom is 0.148 e. The van der Waals surface area contributed by atoms with Gasteiger partial charge in [-0.05, 0) is 12.1 Å². The summed E-state index contributed by atoms with van der Waals surface area (Å²) in [6, 6.07) is 4.64. The normalized spacial score (nSPS) is 10.5. The summed E-state index contributed by atoms with van der Waals surface area (Å²) in [5, 5.41) is 7.70. The maximum atomic E-state index is 13.2. The molecule has 2 rings (SSSR count). The fourth-order valence-corrected chi connectivity index (χ4v) is 1.38. The Morgan fingerprint density at radius 2 is 2.27 bits per heavy atom. The molecule has 1 aromatic heterocycles. The molecule has 0 spiro atoms. The van der Waals surface area contributed by atoms with Crippen LogP contribution in [0.3, 0.4) is 0 Å². The van der Waals surface area contributed by atoms with Gasteiger partial charge in [0.2, 0.25) is 0 Å². The number of hydrogen-bond donors (Lipinski definition) is 1. The smallest absolute Gasteiger partial charge is 0.148 e. The van der Waals surface area contributed by atoms with E-state index in [1.54, 1.807) is 17.0 Å². The Bertz CT molecular complexity index is 478. The van der Waals surface area contributed by atoms with Crippen molar-refractivity contribution >= 4 is 5.69 Å². The lowest BCUT2D eigenvalue weighted by Gasteiger charge is -2.05. The summed E-state index contributed by atoms with van der Waals surface area (Å²) in [5.74, 6) is 0.363. The third-order valence-corrected chi connectivity index (χ3v) is 2.20. The Morgan fingerprint density at radius 3 is 2.93 bits per heavy atom. The first kappa shape index (κ1) is 9.64. The molecule has 0 bridgehead atoms. The average Bonchev–Trinajstić information content (AvgIpc) is 2.70. The van der Waals surface area contributed by atoms with Crippen molar-refractivity contribution in [2.75, 3.05) is 5.73 Å². The molecule has 0 fully saturated rings. The standard InChI is InChI=1S/C10H11FN4/c1-2-10-14-13-6-15(10)7-3-4-9(12)8(11)5-7/h3-6H,2,12H2,1H3. The molecule has 4 nitrogen and oxygen atoms in total. The van der Waals surface area contributed by atoms with E-state index in [9.17, 15) is 4.39 Å². The quantitative estimate of drug-likeness (QED) is 0.758. The van der Waals surface area contributed by atoms with Gasteiger partial charge in [-0.15, -0.1) is 10.2 Å². The van der Waals surface area contributed by atoms with E-state index in [1.165, 1.54) is 12.1 Å². The van der Waals surface area contributed by atoms with Gasteiger partial charge in [0, 0.05) is 12.5 Å². The van der Waals surface area contributed by atoms with Gasteiger partial charge in [0.05, 0.1) is 11.4 Å². The molecular weight excluding hydrogens is 195 g/mol. The van der Waals surface area contributed by atoms with E-state index >= 15 is 0 Å². The van der Waals surface area contributed by atoms with Gasteiger partial charge < -0.3 is 5.73 Å². The van der Waals surface area contributed by atoms with Gasteiger partial charge in [-0.1, -0.05) is 6.92 Å². The van der Waals surface area contributed by atoms with Crippen molar-refractivity contribution in [1.29, 1.82) is 0 Å². The summed E-state index contributed by atoms with van der Waals surface area (Å²) in [6.07, 6.45) is 2.30. The van der Waals surface area contributed by atoms with Crippen LogP contribution in [0.2, 0.25) is 0 Å². The first-order valence-corrected chi connectivity index (χ1v) is 4.66. The molecule has 0 aliphatic carbocycles. The second-order valence-electron chi connectivity index (χ2n) is 3.18. The number of nitrogens with two attached hydrogens (primary N) is 1. The Hall–Kier alpha value is -1.91. The predicted molar refractivity (Wildman–Crippen MR) is 55.1 cm³/mol. The van der Waals surface area contributed by atoms with Gasteiger partial charge in [0.25, 0.3) is 0 Å². The largest absolute Gasteiger partial charge is 0.396 e. The minimum atomic E-state index is -0.428. The molecule has 5 heteroatoms. The van der Waals surface area contributed by atoms with Gasteiger partial charge in [0.1, 0.15) is 18.0 Å². The molecule has 1 heterocycles. The number of benzene rings is 1. The molecule has 0 aliphatic heterocycles. The van der Waals surface area contributed by atoms with E-state index in [0.717, 1.165) is 12.2 Å². The molecule has 0 saturated heterocycles. The number of nitrogen functional groups attached to an aromatic ring is 1. The van der Waals surface area contributed by atoms with Crippen molar-refractivity contribution < 1.29 is 4.39 Å². The van der Waals surface area contributed by atoms with Crippen molar-refractivity contribution in [3.63, 3.8) is 0 Å². The highest BCUT2D eigenvalue weighted by Crippen LogP contribution is 2.16. The fraction of sp³-hybridized carbons (Fsp3) is 0.200. The second-order valence-corrected chi connectivity index (χ2v) is 3.18. The van der Waals surface area contributed by atoms with E-state index in [1.807, 2.05) is 6.92 Å². The summed E-state index contributed by atoms with van der Waals surface area (Å²) in [7, 11) is 0. The fourth-order valence-electron chi connectivity index (χ4n) is 1.38. The van der Waals surface area contributed by atoms with Crippen LogP contribution in [-0.4, -0.2) is 14.8 Å². The van der Waals surface area contributed by atoms with Crippen LogP contribution < -0.4 is 5.73 Å². The molecule has 2 N–H and O–H groups in total. The first-order chi connectivity index (χ1) is 7.22. The third-order valence-electron chi connectivity index (χ3n) is 2.20. The van der Waals surface area contributed by atoms with Crippen molar-refractivity contribution in [1.82, 2.24) is 14.8 Å². The van der Waals surface area contributed by atoms with E-state index < -0.39 is 5.82 Å². The van der Waals surface area contributed by atoms with Crippen LogP contribution in [0.4, 0.5) is 10.1 Å². The van der Waals surface area contributed by atoms with E-state index in [4.69, 9.17) is 5.73 Å². The Kier molecular flexibility index (Phi) is 2.37. The molecule has 15 heavy (non-hydrogen) atoms. The van der Waals surface area contributed by atoms with Gasteiger partial charge in [0.15, 0.2) is 0 Å². The number of aryl methyl sites for hydroxylation is 1. The van der Waals surface area contributed by atoms with Crippen molar-refractivity contribution in [3.05, 3.63) is 36.2 Å². The summed E-state index contributed by atoms with van der Waals surface area (Å²) >= 11 is 0. The zero-order valence-corrected chi connectivity index (χ0v) is 8.31. The zero-order chi connectivity index (χ0) is 10.8. The third kappa shape index (κ3) is 1.68. The molecule has 0 amide bonds. The number of hydrogen-bond acceptors (Lipinski definition) is 3. The van der Waals surface area contributed by atoms with Crippen molar-refractivity contribution in [2.24, 2.45) is 0 Å². The van der Waals surface area contributed by atoms with E-state index in [2.05, 4.69) is 10.2 Å². The molecule has 0 aliphatic rings. The summed E-state index contributed by atoms with van der Waals surface area (Å²) in [6.45, 7) is 1.97. The Morgan fingerprint density at radius 1 is 1.47 bits per heavy atom. The van der Waals surface area contributed by atoms with Crippen LogP contribution >= 0.6 is 0 Å². The summed E-state index contributed by atoms with van der Waals surface area (Å²) < 4.78 is 15.0. The lowest BCUT2D eigenvalue weighted by molar-refractivity contribution is 0.631. The highest BCUT2D eigenvalue weighted by atomic mass is 19.1. The van der Waals surface area contributed by atoms with Gasteiger partial charge in [-0.25, -0.2) is 4.39 Å². The lowest BCUT2D eigenvalue weighted by Crippen LogP contribution is -2.00. The zero-order valence-electron chi connectivity index (χ0n) is 8.31. The summed E-state index contributed by atoms with van der Waals surface area (Å²) in [4.78, 5) is 0. The number of nitrogens with zero attached hydrogens (tertiary/aromatic N) is 3. The predicted octanol–water partition coefficient (Wildman–Crippen LogP) is 1.55. The van der Waals surface area contributed by atoms with Crippen LogP contribution in [0.5, 0.6) is 0 Å². The second kappa shape index (κ2) is 3.68. The lowest BCUT2D eigenvalue weighted by atomic mass is 10.2.